The third-order valence-electron chi connectivity index (χ3n) is 3.00. The van der Waals surface area contributed by atoms with Crippen molar-refractivity contribution in [3.8, 4) is 5.69 Å². The Morgan fingerprint density at radius 3 is 2.52 bits per heavy atom. The number of nitrogens with zero attached hydrogens (tertiary/aromatic N) is 3. The van der Waals surface area contributed by atoms with E-state index in [1.165, 1.54) is 19.2 Å². The monoisotopic (exact) mass is 290 g/mol. The zero-order chi connectivity index (χ0) is 15.6. The molecule has 0 aliphatic rings. The van der Waals surface area contributed by atoms with Crippen molar-refractivity contribution in [1.29, 1.82) is 0 Å². The summed E-state index contributed by atoms with van der Waals surface area (Å²) in [7, 11) is 1.25. The second-order valence-corrected chi connectivity index (χ2v) is 4.22. The first-order chi connectivity index (χ1) is 9.99. The van der Waals surface area contributed by atoms with Gasteiger partial charge in [-0.25, -0.2) is 9.78 Å². The fourth-order valence-electron chi connectivity index (χ4n) is 1.98. The Balaban J connectivity index is 2.54. The largest absolute Gasteiger partial charge is 0.464 e. The van der Waals surface area contributed by atoms with Gasteiger partial charge >= 0.3 is 5.97 Å². The van der Waals surface area contributed by atoms with E-state index in [-0.39, 0.29) is 17.2 Å². The first-order valence-corrected chi connectivity index (χ1v) is 6.19. The van der Waals surface area contributed by atoms with Gasteiger partial charge in [0.15, 0.2) is 5.69 Å². The van der Waals surface area contributed by atoms with Crippen LogP contribution in [0, 0.1) is 10.1 Å². The number of aryl methyl sites for hydroxylation is 1. The zero-order valence-electron chi connectivity index (χ0n) is 11.6. The molecule has 8 heteroatoms. The van der Waals surface area contributed by atoms with Gasteiger partial charge in [-0.3, -0.25) is 14.7 Å². The molecule has 2 rings (SSSR count). The highest BCUT2D eigenvalue weighted by Crippen LogP contribution is 2.23. The van der Waals surface area contributed by atoms with Gasteiger partial charge in [-0.1, -0.05) is 6.92 Å². The first-order valence-electron chi connectivity index (χ1n) is 6.19. The predicted octanol–water partition coefficient (Wildman–Crippen LogP) is 1.71. The van der Waals surface area contributed by atoms with Gasteiger partial charge in [0.1, 0.15) is 11.6 Å². The number of non-ortho nitro benzene ring substituents is 1. The van der Waals surface area contributed by atoms with Crippen LogP contribution in [0.2, 0.25) is 0 Å². The second-order valence-electron chi connectivity index (χ2n) is 4.22. The molecule has 0 saturated carbocycles. The molecular weight excluding hydrogens is 276 g/mol. The Morgan fingerprint density at radius 1 is 1.43 bits per heavy atom. The highest BCUT2D eigenvalue weighted by Gasteiger charge is 2.21. The number of benzene rings is 1. The molecule has 0 spiro atoms. The predicted molar refractivity (Wildman–Crippen MR) is 75.3 cm³/mol. The van der Waals surface area contributed by atoms with Crippen molar-refractivity contribution in [3.63, 3.8) is 0 Å². The van der Waals surface area contributed by atoms with Crippen LogP contribution in [0.3, 0.4) is 0 Å². The maximum absolute atomic E-state index is 11.6. The van der Waals surface area contributed by atoms with E-state index in [0.29, 0.717) is 17.9 Å². The topological polar surface area (TPSA) is 113 Å². The fourth-order valence-corrected chi connectivity index (χ4v) is 1.98. The highest BCUT2D eigenvalue weighted by molar-refractivity contribution is 5.92. The van der Waals surface area contributed by atoms with Crippen LogP contribution in [0.25, 0.3) is 5.69 Å². The van der Waals surface area contributed by atoms with Gasteiger partial charge in [0.25, 0.3) is 5.69 Å². The number of imidazole rings is 1. The van der Waals surface area contributed by atoms with Crippen LogP contribution >= 0.6 is 0 Å². The number of ether oxygens (including phenoxy) is 1. The van der Waals surface area contributed by atoms with E-state index in [4.69, 9.17) is 5.73 Å². The number of hydrogen-bond acceptors (Lipinski definition) is 6. The van der Waals surface area contributed by atoms with E-state index in [9.17, 15) is 14.9 Å². The molecule has 0 aliphatic heterocycles. The quantitative estimate of drug-likeness (QED) is 0.521. The van der Waals surface area contributed by atoms with E-state index in [1.807, 2.05) is 6.92 Å². The van der Waals surface area contributed by atoms with Crippen LogP contribution in [-0.4, -0.2) is 27.6 Å². The Bertz CT molecular complexity index is 691. The van der Waals surface area contributed by atoms with Crippen LogP contribution in [0.15, 0.2) is 24.3 Å². The Hall–Kier alpha value is -2.90. The summed E-state index contributed by atoms with van der Waals surface area (Å²) in [6.07, 6.45) is 0.540. The van der Waals surface area contributed by atoms with Crippen molar-refractivity contribution in [3.05, 3.63) is 45.9 Å². The summed E-state index contributed by atoms with van der Waals surface area (Å²) >= 11 is 0. The Morgan fingerprint density at radius 2 is 2.05 bits per heavy atom. The Kier molecular flexibility index (Phi) is 3.88. The molecule has 0 fully saturated rings. The molecule has 0 unspecified atom stereocenters. The number of nitro benzene ring substituents is 1. The summed E-state index contributed by atoms with van der Waals surface area (Å²) in [5, 5.41) is 10.7. The van der Waals surface area contributed by atoms with E-state index in [0.717, 1.165) is 0 Å². The van der Waals surface area contributed by atoms with Gasteiger partial charge in [-0.2, -0.15) is 0 Å². The highest BCUT2D eigenvalue weighted by atomic mass is 16.6. The minimum atomic E-state index is -0.622. The van der Waals surface area contributed by atoms with Gasteiger partial charge in [0, 0.05) is 24.2 Å². The van der Waals surface area contributed by atoms with E-state index >= 15 is 0 Å². The normalized spacial score (nSPS) is 10.4. The third-order valence-corrected chi connectivity index (χ3v) is 3.00. The number of carbonyl (C=O) groups excluding carboxylic acids is 1. The van der Waals surface area contributed by atoms with Gasteiger partial charge in [-0.05, 0) is 12.1 Å². The van der Waals surface area contributed by atoms with Gasteiger partial charge < -0.3 is 10.5 Å². The number of nitro groups is 1. The molecule has 1 aromatic carbocycles. The molecule has 0 amide bonds. The van der Waals surface area contributed by atoms with Crippen molar-refractivity contribution < 1.29 is 14.5 Å². The molecule has 0 atom stereocenters. The number of nitrogen functional groups attached to an aromatic ring is 1. The number of aromatic nitrogens is 2. The number of methoxy groups -OCH3 is 1. The molecule has 1 heterocycles. The summed E-state index contributed by atoms with van der Waals surface area (Å²) in [5.41, 5.74) is 6.56. The number of nitrogens with two attached hydrogens (primary N) is 1. The molecule has 8 nitrogen and oxygen atoms in total. The summed E-state index contributed by atoms with van der Waals surface area (Å²) < 4.78 is 6.21. The standard InChI is InChI=1S/C13H14N4O4/c1-3-10-15-11(13(18)21-2)12(14)16(10)8-4-6-9(7-5-8)17(19)20/h4-7H,3,14H2,1-2H3. The van der Waals surface area contributed by atoms with Gasteiger partial charge in [-0.15, -0.1) is 0 Å². The van der Waals surface area contributed by atoms with Crippen molar-refractivity contribution in [2.24, 2.45) is 0 Å². The molecule has 110 valence electrons. The number of hydrogen-bond donors (Lipinski definition) is 1. The SMILES string of the molecule is CCc1nc(C(=O)OC)c(N)n1-c1ccc([N+](=O)[O-])cc1. The van der Waals surface area contributed by atoms with E-state index in [1.54, 1.807) is 16.7 Å². The zero-order valence-corrected chi connectivity index (χ0v) is 11.6. The summed E-state index contributed by atoms with van der Waals surface area (Å²) in [5.74, 6) is 0.0946. The average Bonchev–Trinajstić information content (AvgIpc) is 2.83. The molecule has 1 aromatic heterocycles. The van der Waals surface area contributed by atoms with E-state index in [2.05, 4.69) is 9.72 Å². The van der Waals surface area contributed by atoms with Crippen LogP contribution < -0.4 is 5.73 Å². The van der Waals surface area contributed by atoms with Crippen LogP contribution in [0.1, 0.15) is 23.2 Å². The second kappa shape index (κ2) is 5.61. The smallest absolute Gasteiger partial charge is 0.360 e. The maximum Gasteiger partial charge on any atom is 0.360 e. The van der Waals surface area contributed by atoms with Crippen molar-refractivity contribution in [2.45, 2.75) is 13.3 Å². The minimum absolute atomic E-state index is 0.0244. The number of esters is 1. The number of rotatable bonds is 4. The van der Waals surface area contributed by atoms with Crippen molar-refractivity contribution in [1.82, 2.24) is 9.55 Å². The minimum Gasteiger partial charge on any atom is -0.464 e. The third kappa shape index (κ3) is 2.55. The maximum atomic E-state index is 11.6. The lowest BCUT2D eigenvalue weighted by atomic mass is 10.2. The average molecular weight is 290 g/mol. The van der Waals surface area contributed by atoms with E-state index < -0.39 is 10.9 Å². The molecule has 0 aliphatic carbocycles. The van der Waals surface area contributed by atoms with Crippen LogP contribution in [-0.2, 0) is 11.2 Å². The van der Waals surface area contributed by atoms with Gasteiger partial charge in [0.2, 0.25) is 0 Å². The Labute approximate surface area is 120 Å². The molecule has 2 N–H and O–H groups in total. The molecular formula is C13H14N4O4. The lowest BCUT2D eigenvalue weighted by Gasteiger charge is -2.08. The van der Waals surface area contributed by atoms with Crippen molar-refractivity contribution in [2.75, 3.05) is 12.8 Å². The molecule has 0 saturated heterocycles. The summed E-state index contributed by atoms with van der Waals surface area (Å²) in [6.45, 7) is 1.87. The molecule has 0 bridgehead atoms. The van der Waals surface area contributed by atoms with Crippen molar-refractivity contribution >= 4 is 17.5 Å². The summed E-state index contributed by atoms with van der Waals surface area (Å²) in [6, 6.07) is 5.84. The molecule has 0 radical (unpaired) electrons. The first kappa shape index (κ1) is 14.5. The fraction of sp³-hybridized carbons (Fsp3) is 0.231. The molecule has 2 aromatic rings. The summed E-state index contributed by atoms with van der Waals surface area (Å²) in [4.78, 5) is 26.0. The number of anilines is 1. The van der Waals surface area contributed by atoms with Crippen LogP contribution in [0.5, 0.6) is 0 Å². The molecule has 21 heavy (non-hydrogen) atoms. The van der Waals surface area contributed by atoms with Gasteiger partial charge in [0.05, 0.1) is 12.0 Å². The lowest BCUT2D eigenvalue weighted by molar-refractivity contribution is -0.384. The number of carbonyl (C=O) groups is 1. The lowest BCUT2D eigenvalue weighted by Crippen LogP contribution is -2.08. The van der Waals surface area contributed by atoms with Crippen LogP contribution in [0.4, 0.5) is 11.5 Å².